The lowest BCUT2D eigenvalue weighted by Crippen LogP contribution is -2.62. The van der Waals surface area contributed by atoms with Crippen LogP contribution < -0.4 is 0 Å². The Morgan fingerprint density at radius 1 is 1.55 bits per heavy atom. The van der Waals surface area contributed by atoms with E-state index in [9.17, 15) is 4.79 Å². The van der Waals surface area contributed by atoms with Crippen LogP contribution in [0.15, 0.2) is 0 Å². The van der Waals surface area contributed by atoms with Gasteiger partial charge in [-0.3, -0.25) is 4.79 Å². The summed E-state index contributed by atoms with van der Waals surface area (Å²) >= 11 is 0. The predicted octanol–water partition coefficient (Wildman–Crippen LogP) is 1.02. The zero-order valence-corrected chi connectivity index (χ0v) is 6.84. The van der Waals surface area contributed by atoms with Gasteiger partial charge in [0.2, 0.25) is 5.91 Å². The molecule has 2 nitrogen and oxygen atoms in total. The van der Waals surface area contributed by atoms with Crippen LogP contribution in [0.5, 0.6) is 0 Å². The van der Waals surface area contributed by atoms with Gasteiger partial charge in [0.05, 0.1) is 5.41 Å². The smallest absolute Gasteiger partial charge is 0.231 e. The summed E-state index contributed by atoms with van der Waals surface area (Å²) in [6.45, 7) is 0. The largest absolute Gasteiger partial charge is 0.341 e. The summed E-state index contributed by atoms with van der Waals surface area (Å²) in [4.78, 5) is 13.4. The lowest BCUT2D eigenvalue weighted by molar-refractivity contribution is -0.160. The topological polar surface area (TPSA) is 20.3 Å². The molecule has 3 rings (SSSR count). The van der Waals surface area contributed by atoms with Crippen molar-refractivity contribution in [3.05, 3.63) is 0 Å². The standard InChI is InChI=1S/C9H13NO/c1-10-7-4-2-3-6-5-9(6,7)8(10)11/h6-7H,2-5H2,1H3/t6-,7+,9-/m1/s1. The van der Waals surface area contributed by atoms with Crippen molar-refractivity contribution in [3.63, 3.8) is 0 Å². The summed E-state index contributed by atoms with van der Waals surface area (Å²) < 4.78 is 0. The monoisotopic (exact) mass is 151 g/mol. The summed E-state index contributed by atoms with van der Waals surface area (Å²) in [7, 11) is 1.96. The van der Waals surface area contributed by atoms with Crippen LogP contribution in [0.2, 0.25) is 0 Å². The fraction of sp³-hybridized carbons (Fsp3) is 0.889. The molecule has 0 N–H and O–H groups in total. The zero-order valence-electron chi connectivity index (χ0n) is 6.84. The number of hydrogen-bond acceptors (Lipinski definition) is 1. The molecular formula is C9H13NO. The first-order chi connectivity index (χ1) is 5.27. The third kappa shape index (κ3) is 0.445. The van der Waals surface area contributed by atoms with E-state index >= 15 is 0 Å². The third-order valence-electron chi connectivity index (χ3n) is 3.96. The fourth-order valence-electron chi connectivity index (χ4n) is 3.28. The number of rotatable bonds is 0. The molecule has 0 unspecified atom stereocenters. The van der Waals surface area contributed by atoms with Crippen LogP contribution in [0.1, 0.15) is 25.7 Å². The molecule has 1 heterocycles. The Kier molecular flexibility index (Phi) is 0.809. The summed E-state index contributed by atoms with van der Waals surface area (Å²) in [5, 5.41) is 0. The van der Waals surface area contributed by atoms with E-state index in [1.54, 1.807) is 0 Å². The number of hydrogen-bond donors (Lipinski definition) is 0. The summed E-state index contributed by atoms with van der Waals surface area (Å²) in [5.74, 6) is 1.22. The molecule has 3 atom stereocenters. The van der Waals surface area contributed by atoms with Crippen molar-refractivity contribution >= 4 is 5.91 Å². The van der Waals surface area contributed by atoms with E-state index in [0.29, 0.717) is 11.9 Å². The molecule has 1 aliphatic heterocycles. The highest BCUT2D eigenvalue weighted by Crippen LogP contribution is 2.68. The molecule has 3 fully saturated rings. The minimum Gasteiger partial charge on any atom is -0.341 e. The third-order valence-corrected chi connectivity index (χ3v) is 3.96. The molecule has 0 aromatic rings. The van der Waals surface area contributed by atoms with E-state index < -0.39 is 0 Å². The first-order valence-electron chi connectivity index (χ1n) is 4.54. The molecule has 0 bridgehead atoms. The molecule has 0 aromatic heterocycles. The van der Waals surface area contributed by atoms with Gasteiger partial charge in [-0.25, -0.2) is 0 Å². The predicted molar refractivity (Wildman–Crippen MR) is 40.9 cm³/mol. The second-order valence-electron chi connectivity index (χ2n) is 4.30. The Balaban J connectivity index is 1.95. The van der Waals surface area contributed by atoms with Gasteiger partial charge >= 0.3 is 0 Å². The molecule has 2 aliphatic carbocycles. The Morgan fingerprint density at radius 2 is 2.36 bits per heavy atom. The van der Waals surface area contributed by atoms with Gasteiger partial charge in [-0.2, -0.15) is 0 Å². The number of nitrogens with zero attached hydrogens (tertiary/aromatic N) is 1. The maximum atomic E-state index is 11.5. The molecule has 60 valence electrons. The van der Waals surface area contributed by atoms with Gasteiger partial charge < -0.3 is 4.90 Å². The van der Waals surface area contributed by atoms with Gasteiger partial charge in [0.1, 0.15) is 0 Å². The van der Waals surface area contributed by atoms with Gasteiger partial charge in [-0.05, 0) is 25.2 Å². The molecule has 2 saturated carbocycles. The zero-order chi connectivity index (χ0) is 7.64. The van der Waals surface area contributed by atoms with Crippen LogP contribution in [0.4, 0.5) is 0 Å². The van der Waals surface area contributed by atoms with Gasteiger partial charge in [0, 0.05) is 13.1 Å². The van der Waals surface area contributed by atoms with Crippen LogP contribution >= 0.6 is 0 Å². The molecule has 0 aromatic carbocycles. The van der Waals surface area contributed by atoms with Crippen molar-refractivity contribution in [2.24, 2.45) is 11.3 Å². The Labute approximate surface area is 66.6 Å². The number of amides is 1. The SMILES string of the molecule is CN1C(=O)[C@]23C[C@H]2CCC[C@H]13. The first-order valence-corrected chi connectivity index (χ1v) is 4.54. The number of β-lactam (4-membered cyclic amide) rings is 1. The van der Waals surface area contributed by atoms with Crippen molar-refractivity contribution in [1.29, 1.82) is 0 Å². The molecule has 1 saturated heterocycles. The number of likely N-dealkylation sites (tertiary alicyclic amines) is 1. The van der Waals surface area contributed by atoms with Crippen molar-refractivity contribution < 1.29 is 4.79 Å². The Bertz CT molecular complexity index is 238. The van der Waals surface area contributed by atoms with E-state index in [1.807, 2.05) is 11.9 Å². The lowest BCUT2D eigenvalue weighted by Gasteiger charge is -2.49. The highest BCUT2D eigenvalue weighted by molar-refractivity contribution is 5.93. The van der Waals surface area contributed by atoms with Gasteiger partial charge in [0.25, 0.3) is 0 Å². The van der Waals surface area contributed by atoms with Crippen LogP contribution in [0.3, 0.4) is 0 Å². The van der Waals surface area contributed by atoms with Crippen LogP contribution in [0, 0.1) is 11.3 Å². The minimum atomic E-state index is 0.201. The van der Waals surface area contributed by atoms with Crippen molar-refractivity contribution in [2.45, 2.75) is 31.7 Å². The normalized spacial score (nSPS) is 52.8. The molecule has 11 heavy (non-hydrogen) atoms. The Morgan fingerprint density at radius 3 is 3.09 bits per heavy atom. The second-order valence-corrected chi connectivity index (χ2v) is 4.30. The van der Waals surface area contributed by atoms with E-state index in [2.05, 4.69) is 0 Å². The molecule has 0 radical (unpaired) electrons. The molecular weight excluding hydrogens is 138 g/mol. The maximum Gasteiger partial charge on any atom is 0.231 e. The van der Waals surface area contributed by atoms with E-state index in [1.165, 1.54) is 25.7 Å². The maximum absolute atomic E-state index is 11.5. The van der Waals surface area contributed by atoms with Crippen LogP contribution in [-0.4, -0.2) is 23.9 Å². The van der Waals surface area contributed by atoms with Crippen molar-refractivity contribution in [1.82, 2.24) is 4.90 Å². The molecule has 2 heteroatoms. The molecule has 1 spiro atoms. The van der Waals surface area contributed by atoms with Crippen molar-refractivity contribution in [2.75, 3.05) is 7.05 Å². The van der Waals surface area contributed by atoms with Gasteiger partial charge in [-0.1, -0.05) is 6.42 Å². The Hall–Kier alpha value is -0.530. The van der Waals surface area contributed by atoms with E-state index in [4.69, 9.17) is 0 Å². The van der Waals surface area contributed by atoms with E-state index in [-0.39, 0.29) is 5.41 Å². The lowest BCUT2D eigenvalue weighted by atomic mass is 9.75. The highest BCUT2D eigenvalue weighted by atomic mass is 16.2. The number of carbonyl (C=O) groups excluding carboxylic acids is 1. The van der Waals surface area contributed by atoms with Crippen LogP contribution in [-0.2, 0) is 4.79 Å². The van der Waals surface area contributed by atoms with Crippen LogP contribution in [0.25, 0.3) is 0 Å². The van der Waals surface area contributed by atoms with Gasteiger partial charge in [-0.15, -0.1) is 0 Å². The molecule has 3 aliphatic rings. The average Bonchev–Trinajstić information content (AvgIpc) is 2.77. The second kappa shape index (κ2) is 1.47. The fourth-order valence-corrected chi connectivity index (χ4v) is 3.28. The van der Waals surface area contributed by atoms with E-state index in [0.717, 1.165) is 5.92 Å². The van der Waals surface area contributed by atoms with Gasteiger partial charge in [0.15, 0.2) is 0 Å². The number of carbonyl (C=O) groups is 1. The summed E-state index contributed by atoms with van der Waals surface area (Å²) in [6, 6.07) is 0.633. The summed E-state index contributed by atoms with van der Waals surface area (Å²) in [5.41, 5.74) is 0.201. The average molecular weight is 151 g/mol. The first kappa shape index (κ1) is 6.04. The molecule has 1 amide bonds. The highest BCUT2D eigenvalue weighted by Gasteiger charge is 2.73. The minimum absolute atomic E-state index is 0.201. The summed E-state index contributed by atoms with van der Waals surface area (Å²) in [6.07, 6.45) is 5.13. The van der Waals surface area contributed by atoms with Crippen molar-refractivity contribution in [3.8, 4) is 0 Å². The quantitative estimate of drug-likeness (QED) is 0.473.